The van der Waals surface area contributed by atoms with Crippen LogP contribution in [0.5, 0.6) is 0 Å². The maximum absolute atomic E-state index is 6.29. The van der Waals surface area contributed by atoms with Crippen molar-refractivity contribution in [2.75, 3.05) is 6.54 Å². The molecule has 19 heavy (non-hydrogen) atoms. The average Bonchev–Trinajstić information content (AvgIpc) is 2.71. The summed E-state index contributed by atoms with van der Waals surface area (Å²) < 4.78 is 1.85. The second-order valence-electron chi connectivity index (χ2n) is 4.80. The lowest BCUT2D eigenvalue weighted by Gasteiger charge is -2.20. The Morgan fingerprint density at radius 2 is 2.21 bits per heavy atom. The number of aryl methyl sites for hydroxylation is 2. The first-order chi connectivity index (χ1) is 9.13. The van der Waals surface area contributed by atoms with Gasteiger partial charge in [-0.1, -0.05) is 48.4 Å². The number of aromatic nitrogens is 2. The summed E-state index contributed by atoms with van der Waals surface area (Å²) in [5.74, 6) is 0. The van der Waals surface area contributed by atoms with Gasteiger partial charge < -0.3 is 5.32 Å². The van der Waals surface area contributed by atoms with Crippen LogP contribution in [-0.4, -0.2) is 16.3 Å². The van der Waals surface area contributed by atoms with Crippen LogP contribution in [0.3, 0.4) is 0 Å². The summed E-state index contributed by atoms with van der Waals surface area (Å²) in [4.78, 5) is 0. The van der Waals surface area contributed by atoms with Gasteiger partial charge in [0, 0.05) is 7.05 Å². The molecule has 0 amide bonds. The standard InChI is InChI=1S/C15H20ClN3/c1-4-8-17-14(12-7-5-6-11(2)9-12)15-13(16)10-18-19(15)3/h5-7,9-10,14,17H,4,8H2,1-3H3. The van der Waals surface area contributed by atoms with Crippen LogP contribution in [0.4, 0.5) is 0 Å². The molecule has 1 unspecified atom stereocenters. The summed E-state index contributed by atoms with van der Waals surface area (Å²) in [5, 5.41) is 8.50. The normalized spacial score (nSPS) is 12.6. The Labute approximate surface area is 119 Å². The number of nitrogens with zero attached hydrogens (tertiary/aromatic N) is 2. The summed E-state index contributed by atoms with van der Waals surface area (Å²) in [6, 6.07) is 8.58. The molecule has 0 spiro atoms. The fraction of sp³-hybridized carbons (Fsp3) is 0.400. The van der Waals surface area contributed by atoms with Crippen LogP contribution < -0.4 is 5.32 Å². The second-order valence-corrected chi connectivity index (χ2v) is 5.21. The highest BCUT2D eigenvalue weighted by molar-refractivity contribution is 6.31. The van der Waals surface area contributed by atoms with Crippen LogP contribution in [0, 0.1) is 6.92 Å². The molecule has 1 aromatic carbocycles. The van der Waals surface area contributed by atoms with Crippen LogP contribution in [0.2, 0.25) is 5.02 Å². The molecule has 1 aromatic heterocycles. The summed E-state index contributed by atoms with van der Waals surface area (Å²) in [6.07, 6.45) is 2.78. The lowest BCUT2D eigenvalue weighted by Crippen LogP contribution is -2.25. The number of nitrogens with one attached hydrogen (secondary N) is 1. The lowest BCUT2D eigenvalue weighted by molar-refractivity contribution is 0.553. The molecule has 2 rings (SSSR count). The first-order valence-electron chi connectivity index (χ1n) is 6.60. The van der Waals surface area contributed by atoms with Crippen molar-refractivity contribution in [3.63, 3.8) is 0 Å². The molecule has 1 N–H and O–H groups in total. The molecule has 0 radical (unpaired) electrons. The molecule has 0 bridgehead atoms. The highest BCUT2D eigenvalue weighted by atomic mass is 35.5. The molecule has 0 saturated carbocycles. The average molecular weight is 278 g/mol. The number of hydrogen-bond acceptors (Lipinski definition) is 2. The van der Waals surface area contributed by atoms with E-state index in [9.17, 15) is 0 Å². The van der Waals surface area contributed by atoms with Gasteiger partial charge in [-0.2, -0.15) is 5.10 Å². The maximum Gasteiger partial charge on any atom is 0.0837 e. The van der Waals surface area contributed by atoms with Crippen LogP contribution in [0.1, 0.15) is 36.2 Å². The molecule has 1 heterocycles. The van der Waals surface area contributed by atoms with Crippen molar-refractivity contribution in [2.24, 2.45) is 7.05 Å². The predicted octanol–water partition coefficient (Wildman–Crippen LogP) is 3.47. The van der Waals surface area contributed by atoms with Gasteiger partial charge in [-0.25, -0.2) is 0 Å². The van der Waals surface area contributed by atoms with Crippen molar-refractivity contribution in [2.45, 2.75) is 26.3 Å². The zero-order valence-corrected chi connectivity index (χ0v) is 12.4. The first kappa shape index (κ1) is 14.1. The van der Waals surface area contributed by atoms with Crippen molar-refractivity contribution in [3.8, 4) is 0 Å². The van der Waals surface area contributed by atoms with Gasteiger partial charge in [0.1, 0.15) is 0 Å². The van der Waals surface area contributed by atoms with Gasteiger partial charge in [-0.05, 0) is 25.5 Å². The number of benzene rings is 1. The second kappa shape index (κ2) is 6.22. The van der Waals surface area contributed by atoms with E-state index >= 15 is 0 Å². The van der Waals surface area contributed by atoms with Crippen molar-refractivity contribution >= 4 is 11.6 Å². The molecule has 2 aromatic rings. The van der Waals surface area contributed by atoms with Crippen LogP contribution in [0.25, 0.3) is 0 Å². The van der Waals surface area contributed by atoms with Crippen molar-refractivity contribution < 1.29 is 0 Å². The molecule has 0 aliphatic rings. The van der Waals surface area contributed by atoms with E-state index in [0.29, 0.717) is 5.02 Å². The van der Waals surface area contributed by atoms with E-state index in [0.717, 1.165) is 18.7 Å². The summed E-state index contributed by atoms with van der Waals surface area (Å²) >= 11 is 6.29. The number of halogens is 1. The fourth-order valence-corrected chi connectivity index (χ4v) is 2.53. The Morgan fingerprint density at radius 3 is 2.79 bits per heavy atom. The monoisotopic (exact) mass is 277 g/mol. The predicted molar refractivity (Wildman–Crippen MR) is 79.5 cm³/mol. The minimum absolute atomic E-state index is 0.0832. The van der Waals surface area contributed by atoms with Crippen molar-refractivity contribution in [1.29, 1.82) is 0 Å². The first-order valence-corrected chi connectivity index (χ1v) is 6.98. The molecule has 4 heteroatoms. The third-order valence-electron chi connectivity index (χ3n) is 3.18. The molecule has 0 saturated heterocycles. The fourth-order valence-electron chi connectivity index (χ4n) is 2.26. The summed E-state index contributed by atoms with van der Waals surface area (Å²) in [6.45, 7) is 5.20. The van der Waals surface area contributed by atoms with E-state index in [1.807, 2.05) is 11.7 Å². The van der Waals surface area contributed by atoms with Crippen molar-refractivity contribution in [3.05, 3.63) is 52.3 Å². The quantitative estimate of drug-likeness (QED) is 0.907. The SMILES string of the molecule is CCCNC(c1cccc(C)c1)c1c(Cl)cnn1C. The third-order valence-corrected chi connectivity index (χ3v) is 3.48. The van der Waals surface area contributed by atoms with Crippen molar-refractivity contribution in [1.82, 2.24) is 15.1 Å². The molecule has 102 valence electrons. The van der Waals surface area contributed by atoms with Gasteiger partial charge in [0.15, 0.2) is 0 Å². The molecule has 1 atom stereocenters. The van der Waals surface area contributed by atoms with E-state index in [2.05, 4.69) is 48.5 Å². The topological polar surface area (TPSA) is 29.9 Å². The molecule has 0 aliphatic heterocycles. The Morgan fingerprint density at radius 1 is 1.42 bits per heavy atom. The summed E-state index contributed by atoms with van der Waals surface area (Å²) in [5.41, 5.74) is 3.48. The Bertz CT molecular complexity index is 529. The zero-order valence-electron chi connectivity index (χ0n) is 11.7. The van der Waals surface area contributed by atoms with Gasteiger partial charge in [-0.15, -0.1) is 0 Å². The highest BCUT2D eigenvalue weighted by Crippen LogP contribution is 2.28. The van der Waals surface area contributed by atoms with Gasteiger partial charge in [0.25, 0.3) is 0 Å². The van der Waals surface area contributed by atoms with Gasteiger partial charge in [-0.3, -0.25) is 4.68 Å². The van der Waals surface area contributed by atoms with Gasteiger partial charge >= 0.3 is 0 Å². The summed E-state index contributed by atoms with van der Waals surface area (Å²) in [7, 11) is 1.93. The van der Waals surface area contributed by atoms with E-state index in [-0.39, 0.29) is 6.04 Å². The Balaban J connectivity index is 2.41. The van der Waals surface area contributed by atoms with E-state index in [1.165, 1.54) is 11.1 Å². The number of hydrogen-bond donors (Lipinski definition) is 1. The van der Waals surface area contributed by atoms with Crippen LogP contribution in [0.15, 0.2) is 30.5 Å². The largest absolute Gasteiger partial charge is 0.305 e. The zero-order chi connectivity index (χ0) is 13.8. The minimum Gasteiger partial charge on any atom is -0.305 e. The number of rotatable bonds is 5. The lowest BCUT2D eigenvalue weighted by atomic mass is 10.0. The molecular formula is C15H20ClN3. The minimum atomic E-state index is 0.0832. The Kier molecular flexibility index (Phi) is 4.61. The highest BCUT2D eigenvalue weighted by Gasteiger charge is 2.20. The third kappa shape index (κ3) is 3.17. The molecule has 0 aliphatic carbocycles. The molecule has 3 nitrogen and oxygen atoms in total. The maximum atomic E-state index is 6.29. The molecule has 0 fully saturated rings. The smallest absolute Gasteiger partial charge is 0.0837 e. The van der Waals surface area contributed by atoms with E-state index < -0.39 is 0 Å². The van der Waals surface area contributed by atoms with Gasteiger partial charge in [0.05, 0.1) is 23.0 Å². The Hall–Kier alpha value is -1.32. The van der Waals surface area contributed by atoms with Crippen LogP contribution >= 0.6 is 11.6 Å². The van der Waals surface area contributed by atoms with Gasteiger partial charge in [0.2, 0.25) is 0 Å². The molecular weight excluding hydrogens is 258 g/mol. The van der Waals surface area contributed by atoms with E-state index in [1.54, 1.807) is 6.20 Å². The van der Waals surface area contributed by atoms with Crippen LogP contribution in [-0.2, 0) is 7.05 Å². The van der Waals surface area contributed by atoms with E-state index in [4.69, 9.17) is 11.6 Å².